The molecule has 1 amide bonds. The molecule has 9 nitrogen and oxygen atoms in total. The van der Waals surface area contributed by atoms with Crippen molar-refractivity contribution in [1.29, 1.82) is 0 Å². The molecule has 0 bridgehead atoms. The highest BCUT2D eigenvalue weighted by molar-refractivity contribution is 7.92. The van der Waals surface area contributed by atoms with Crippen molar-refractivity contribution in [3.8, 4) is 0 Å². The number of amides is 1. The molecule has 0 aliphatic carbocycles. The Labute approximate surface area is 212 Å². The van der Waals surface area contributed by atoms with Gasteiger partial charge >= 0.3 is 5.51 Å². The van der Waals surface area contributed by atoms with Crippen molar-refractivity contribution >= 4 is 48.7 Å². The smallest absolute Gasteiger partial charge is 0.288 e. The van der Waals surface area contributed by atoms with Crippen molar-refractivity contribution in [1.82, 2.24) is 4.57 Å². The highest BCUT2D eigenvalue weighted by Gasteiger charge is 2.47. The van der Waals surface area contributed by atoms with Gasteiger partial charge in [-0.1, -0.05) is 18.2 Å². The lowest BCUT2D eigenvalue weighted by Crippen LogP contribution is -2.35. The Kier molecular flexibility index (Phi) is 8.15. The summed E-state index contributed by atoms with van der Waals surface area (Å²) in [6.07, 6.45) is 2.88. The number of aromatic nitrogens is 2. The van der Waals surface area contributed by atoms with Gasteiger partial charge in [-0.15, -0.1) is 0 Å². The predicted molar refractivity (Wildman–Crippen MR) is 131 cm³/mol. The van der Waals surface area contributed by atoms with Crippen molar-refractivity contribution in [2.75, 3.05) is 10.7 Å². The van der Waals surface area contributed by atoms with Crippen LogP contribution in [0.5, 0.6) is 0 Å². The molecule has 200 valence electrons. The Morgan fingerprint density at radius 1 is 1.11 bits per heavy atom. The number of carbonyl (C=O) groups excluding carboxylic acids is 1. The second-order valence-electron chi connectivity index (χ2n) is 8.03. The number of rotatable bonds is 9. The lowest BCUT2D eigenvalue weighted by Gasteiger charge is -2.15. The molecule has 0 saturated heterocycles. The minimum absolute atomic E-state index is 0.0795. The first-order chi connectivity index (χ1) is 17.2. The van der Waals surface area contributed by atoms with E-state index in [9.17, 15) is 34.8 Å². The van der Waals surface area contributed by atoms with Gasteiger partial charge in [-0.05, 0) is 31.2 Å². The molecular weight excluding hydrogens is 535 g/mol. The van der Waals surface area contributed by atoms with Gasteiger partial charge < -0.3 is 0 Å². The summed E-state index contributed by atoms with van der Waals surface area (Å²) in [4.78, 5) is 12.7. The average molecular weight is 561 g/mol. The normalized spacial score (nSPS) is 12.9. The Bertz CT molecular complexity index is 1550. The molecule has 1 N–H and O–H groups in total. The predicted octanol–water partition coefficient (Wildman–Crippen LogP) is 3.54. The molecule has 0 spiro atoms. The summed E-state index contributed by atoms with van der Waals surface area (Å²) < 4.78 is 98.5. The molecule has 0 aliphatic rings. The number of hydrogen-bond donors (Lipinski definition) is 1. The van der Waals surface area contributed by atoms with Crippen molar-refractivity contribution in [3.05, 3.63) is 60.6 Å². The molecule has 37 heavy (non-hydrogen) atoms. The van der Waals surface area contributed by atoms with E-state index in [1.54, 1.807) is 41.8 Å². The quantitative estimate of drug-likeness (QED) is 0.316. The van der Waals surface area contributed by atoms with Crippen LogP contribution in [-0.2, 0) is 37.8 Å². The van der Waals surface area contributed by atoms with Gasteiger partial charge in [0, 0.05) is 37.4 Å². The lowest BCUT2D eigenvalue weighted by atomic mass is 10.3. The number of imidazole rings is 1. The molecule has 0 unspecified atom stereocenters. The fourth-order valence-electron chi connectivity index (χ4n) is 3.90. The second-order valence-corrected chi connectivity index (χ2v) is 11.5. The van der Waals surface area contributed by atoms with Gasteiger partial charge in [0.15, 0.2) is 11.0 Å². The van der Waals surface area contributed by atoms with E-state index in [1.807, 2.05) is 0 Å². The molecule has 0 saturated carbocycles. The number of benzene rings is 2. The molecule has 0 atom stereocenters. The number of carbonyl (C=O) groups is 1. The van der Waals surface area contributed by atoms with Gasteiger partial charge in [0.05, 0.1) is 23.7 Å². The number of fused-ring (bicyclic) bond motifs is 1. The maximum absolute atomic E-state index is 13.2. The standard InChI is InChI=1S/C23H24F3N3O6S2/c1-3-27-20-11-10-19(37(34,35)23(24,25)26)16-21(20)29(13-7-15-36(31,32)33)22(27)12-14-28(17(2)30)18-8-5-4-6-9-18/h4-6,8-12,14,16H,3,7,13,15H2,1-2H3/p+1. The molecule has 3 aromatic rings. The molecule has 2 aromatic carbocycles. The Hall–Kier alpha value is -3.23. The number of alkyl halides is 3. The van der Waals surface area contributed by atoms with Gasteiger partial charge in [0.2, 0.25) is 5.91 Å². The van der Waals surface area contributed by atoms with E-state index in [2.05, 4.69) is 0 Å². The number of halogens is 3. The molecule has 0 radical (unpaired) electrons. The molecule has 1 heterocycles. The summed E-state index contributed by atoms with van der Waals surface area (Å²) in [5, 5.41) is 0. The fraction of sp³-hybridized carbons (Fsp3) is 0.304. The minimum atomic E-state index is -5.64. The van der Waals surface area contributed by atoms with Gasteiger partial charge in [0.25, 0.3) is 25.8 Å². The monoisotopic (exact) mass is 560 g/mol. The van der Waals surface area contributed by atoms with Crippen LogP contribution < -0.4 is 9.47 Å². The molecule has 0 fully saturated rings. The van der Waals surface area contributed by atoms with E-state index >= 15 is 0 Å². The van der Waals surface area contributed by atoms with Crippen LogP contribution in [0.15, 0.2) is 59.6 Å². The maximum Gasteiger partial charge on any atom is 0.501 e. The zero-order valence-corrected chi connectivity index (χ0v) is 21.5. The van der Waals surface area contributed by atoms with Crippen LogP contribution in [0.4, 0.5) is 18.9 Å². The molecule has 14 heteroatoms. The van der Waals surface area contributed by atoms with Crippen LogP contribution >= 0.6 is 0 Å². The Morgan fingerprint density at radius 3 is 2.30 bits per heavy atom. The third-order valence-corrected chi connectivity index (χ3v) is 7.83. The van der Waals surface area contributed by atoms with Crippen LogP contribution in [0.25, 0.3) is 17.1 Å². The third kappa shape index (κ3) is 6.19. The summed E-state index contributed by atoms with van der Waals surface area (Å²) in [7, 11) is -9.96. The highest BCUT2D eigenvalue weighted by atomic mass is 32.2. The average Bonchev–Trinajstić information content (AvgIpc) is 3.10. The summed E-state index contributed by atoms with van der Waals surface area (Å²) in [5.41, 5.74) is -4.45. The van der Waals surface area contributed by atoms with E-state index in [0.717, 1.165) is 12.1 Å². The first-order valence-electron chi connectivity index (χ1n) is 11.0. The van der Waals surface area contributed by atoms with Crippen LogP contribution in [0, 0.1) is 0 Å². The lowest BCUT2D eigenvalue weighted by molar-refractivity contribution is -0.670. The summed E-state index contributed by atoms with van der Waals surface area (Å²) in [5.74, 6) is -0.568. The second kappa shape index (κ2) is 10.6. The van der Waals surface area contributed by atoms with E-state index < -0.39 is 36.1 Å². The van der Waals surface area contributed by atoms with Gasteiger partial charge in [0.1, 0.15) is 0 Å². The SMILES string of the molecule is CC[n+]1c(C=CN(C(C)=O)c2ccccc2)n(CCCS(=O)(=O)O)c2cc(S(=O)(=O)C(F)(F)F)ccc21. The highest BCUT2D eigenvalue weighted by Crippen LogP contribution is 2.32. The van der Waals surface area contributed by atoms with Gasteiger partial charge in [-0.25, -0.2) is 17.6 Å². The zero-order chi connectivity index (χ0) is 27.6. The van der Waals surface area contributed by atoms with Crippen molar-refractivity contribution in [2.24, 2.45) is 0 Å². The van der Waals surface area contributed by atoms with E-state index in [1.165, 1.54) is 34.7 Å². The summed E-state index contributed by atoms with van der Waals surface area (Å²) >= 11 is 0. The van der Waals surface area contributed by atoms with Crippen molar-refractivity contribution < 1.29 is 43.9 Å². The van der Waals surface area contributed by atoms with Crippen LogP contribution in [0.2, 0.25) is 0 Å². The van der Waals surface area contributed by atoms with Crippen molar-refractivity contribution in [2.45, 2.75) is 43.8 Å². The molecule has 1 aromatic heterocycles. The largest absolute Gasteiger partial charge is 0.501 e. The number of nitrogens with zero attached hydrogens (tertiary/aromatic N) is 3. The fourth-order valence-corrected chi connectivity index (χ4v) is 5.17. The van der Waals surface area contributed by atoms with E-state index in [-0.39, 0.29) is 24.4 Å². The first-order valence-corrected chi connectivity index (χ1v) is 14.1. The third-order valence-electron chi connectivity index (χ3n) is 5.54. The number of para-hydroxylation sites is 1. The maximum atomic E-state index is 13.2. The summed E-state index contributed by atoms with van der Waals surface area (Å²) in [6.45, 7) is 3.35. The number of hydrogen-bond acceptors (Lipinski definition) is 5. The van der Waals surface area contributed by atoms with Crippen molar-refractivity contribution in [3.63, 3.8) is 0 Å². The molecule has 0 aliphatic heterocycles. The van der Waals surface area contributed by atoms with Crippen LogP contribution in [0.1, 0.15) is 26.1 Å². The number of anilines is 1. The summed E-state index contributed by atoms with van der Waals surface area (Å²) in [6, 6.07) is 11.6. The molecular formula is C23H25F3N3O6S2+. The Balaban J connectivity index is 2.23. The topological polar surface area (TPSA) is 118 Å². The van der Waals surface area contributed by atoms with E-state index in [4.69, 9.17) is 4.55 Å². The van der Waals surface area contributed by atoms with Crippen LogP contribution in [-0.4, -0.2) is 43.1 Å². The minimum Gasteiger partial charge on any atom is -0.288 e. The van der Waals surface area contributed by atoms with Gasteiger partial charge in [-0.3, -0.25) is 14.2 Å². The Morgan fingerprint density at radius 2 is 1.76 bits per heavy atom. The van der Waals surface area contributed by atoms with Crippen LogP contribution in [0.3, 0.4) is 0 Å². The number of aryl methyl sites for hydroxylation is 2. The van der Waals surface area contributed by atoms with Gasteiger partial charge in [-0.2, -0.15) is 21.6 Å². The first kappa shape index (κ1) is 28.3. The zero-order valence-electron chi connectivity index (χ0n) is 19.9. The molecule has 3 rings (SSSR count). The number of sulfone groups is 1. The van der Waals surface area contributed by atoms with E-state index in [0.29, 0.717) is 23.6 Å².